The Morgan fingerprint density at radius 1 is 1.04 bits per heavy atom. The Kier molecular flexibility index (Phi) is 4.28. The second-order valence-electron chi connectivity index (χ2n) is 6.41. The van der Waals surface area contributed by atoms with Crippen LogP contribution in [0.1, 0.15) is 37.5 Å². The minimum absolute atomic E-state index is 0.0909. The lowest BCUT2D eigenvalue weighted by Crippen LogP contribution is -2.22. The third-order valence-corrected chi connectivity index (χ3v) is 4.55. The molecule has 0 fully saturated rings. The molecule has 0 amide bonds. The van der Waals surface area contributed by atoms with Crippen LogP contribution in [0.4, 0.5) is 0 Å². The highest BCUT2D eigenvalue weighted by atomic mass is 16.1. The van der Waals surface area contributed by atoms with Gasteiger partial charge in [0.2, 0.25) is 5.78 Å². The highest BCUT2D eigenvalue weighted by Crippen LogP contribution is 2.13. The predicted octanol–water partition coefficient (Wildman–Crippen LogP) is 2.52. The number of nitrogens with zero attached hydrogens (tertiary/aromatic N) is 5. The summed E-state index contributed by atoms with van der Waals surface area (Å²) < 4.78 is 3.35. The molecule has 0 atom stereocenters. The number of hydrogen-bond donors (Lipinski definition) is 1. The lowest BCUT2D eigenvalue weighted by molar-refractivity contribution is 0.727. The SMILES string of the molecule is CCCc1nc2c([nH]1)c(=O)n(CC)c1nc(CCc3ccccc3)nn21. The van der Waals surface area contributed by atoms with E-state index < -0.39 is 0 Å². The Hall–Kier alpha value is -2.96. The molecule has 7 heteroatoms. The van der Waals surface area contributed by atoms with Crippen LogP contribution in [-0.4, -0.2) is 29.1 Å². The standard InChI is InChI=1S/C19H22N6O/c1-3-8-14-20-16-17(21-14)25-19(24(4-2)18(16)26)22-15(23-25)12-11-13-9-6-5-7-10-13/h5-7,9-10H,3-4,8,11-12H2,1-2H3,(H,20,21). The van der Waals surface area contributed by atoms with Crippen LogP contribution in [0, 0.1) is 0 Å². The summed E-state index contributed by atoms with van der Waals surface area (Å²) in [5.74, 6) is 2.10. The summed E-state index contributed by atoms with van der Waals surface area (Å²) in [6.45, 7) is 4.57. The molecular formula is C19H22N6O. The van der Waals surface area contributed by atoms with Gasteiger partial charge in [-0.05, 0) is 25.3 Å². The molecule has 0 saturated heterocycles. The van der Waals surface area contributed by atoms with Crippen molar-refractivity contribution in [3.05, 3.63) is 57.9 Å². The molecule has 0 saturated carbocycles. The van der Waals surface area contributed by atoms with E-state index in [9.17, 15) is 4.79 Å². The van der Waals surface area contributed by atoms with E-state index in [4.69, 9.17) is 0 Å². The highest BCUT2D eigenvalue weighted by Gasteiger charge is 2.17. The van der Waals surface area contributed by atoms with Crippen LogP contribution in [0.15, 0.2) is 35.1 Å². The first kappa shape index (κ1) is 16.5. The monoisotopic (exact) mass is 350 g/mol. The Bertz CT molecular complexity index is 1110. The number of aryl methyl sites for hydroxylation is 4. The number of hydrogen-bond acceptors (Lipinski definition) is 4. The topological polar surface area (TPSA) is 80.9 Å². The van der Waals surface area contributed by atoms with Gasteiger partial charge in [-0.3, -0.25) is 9.36 Å². The van der Waals surface area contributed by atoms with Crippen molar-refractivity contribution in [3.63, 3.8) is 0 Å². The van der Waals surface area contributed by atoms with Crippen molar-refractivity contribution >= 4 is 16.9 Å². The molecule has 1 N–H and O–H groups in total. The summed E-state index contributed by atoms with van der Waals surface area (Å²) in [4.78, 5) is 25.2. The summed E-state index contributed by atoms with van der Waals surface area (Å²) in [6.07, 6.45) is 3.35. The number of rotatable bonds is 6. The van der Waals surface area contributed by atoms with E-state index in [-0.39, 0.29) is 5.56 Å². The Labute approximate surface area is 150 Å². The van der Waals surface area contributed by atoms with Gasteiger partial charge < -0.3 is 4.98 Å². The van der Waals surface area contributed by atoms with Crippen LogP contribution < -0.4 is 5.56 Å². The third kappa shape index (κ3) is 2.79. The van der Waals surface area contributed by atoms with Gasteiger partial charge in [-0.1, -0.05) is 37.3 Å². The maximum Gasteiger partial charge on any atom is 0.281 e. The Balaban J connectivity index is 1.80. The molecule has 0 bridgehead atoms. The van der Waals surface area contributed by atoms with Crippen molar-refractivity contribution in [1.29, 1.82) is 0 Å². The smallest absolute Gasteiger partial charge is 0.281 e. The first-order valence-corrected chi connectivity index (χ1v) is 9.12. The van der Waals surface area contributed by atoms with Crippen LogP contribution in [0.5, 0.6) is 0 Å². The lowest BCUT2D eigenvalue weighted by atomic mass is 10.1. The number of imidazole rings is 1. The number of nitrogens with one attached hydrogen (secondary N) is 1. The zero-order chi connectivity index (χ0) is 18.1. The summed E-state index contributed by atoms with van der Waals surface area (Å²) in [5.41, 5.74) is 2.22. The molecule has 3 heterocycles. The van der Waals surface area contributed by atoms with Gasteiger partial charge in [-0.25, -0.2) is 4.98 Å². The second kappa shape index (κ2) is 6.74. The van der Waals surface area contributed by atoms with Gasteiger partial charge >= 0.3 is 0 Å². The summed E-state index contributed by atoms with van der Waals surface area (Å²) in [7, 11) is 0. The Morgan fingerprint density at radius 3 is 2.58 bits per heavy atom. The molecule has 3 aromatic heterocycles. The van der Waals surface area contributed by atoms with E-state index in [2.05, 4.69) is 39.1 Å². The first-order chi connectivity index (χ1) is 12.7. The molecule has 0 spiro atoms. The van der Waals surface area contributed by atoms with Gasteiger partial charge in [0.1, 0.15) is 5.82 Å². The summed E-state index contributed by atoms with van der Waals surface area (Å²) in [6, 6.07) is 10.3. The minimum Gasteiger partial charge on any atom is -0.336 e. The number of benzene rings is 1. The maximum atomic E-state index is 12.8. The van der Waals surface area contributed by atoms with Gasteiger partial charge in [0, 0.05) is 19.4 Å². The van der Waals surface area contributed by atoms with Crippen molar-refractivity contribution in [2.24, 2.45) is 0 Å². The van der Waals surface area contributed by atoms with Crippen molar-refractivity contribution < 1.29 is 0 Å². The quantitative estimate of drug-likeness (QED) is 0.579. The highest BCUT2D eigenvalue weighted by molar-refractivity contribution is 5.72. The fourth-order valence-corrected chi connectivity index (χ4v) is 3.25. The molecule has 26 heavy (non-hydrogen) atoms. The van der Waals surface area contributed by atoms with Gasteiger partial charge in [0.15, 0.2) is 17.0 Å². The number of fused-ring (bicyclic) bond motifs is 3. The van der Waals surface area contributed by atoms with Crippen LogP contribution in [0.2, 0.25) is 0 Å². The van der Waals surface area contributed by atoms with E-state index >= 15 is 0 Å². The first-order valence-electron chi connectivity index (χ1n) is 9.12. The third-order valence-electron chi connectivity index (χ3n) is 4.55. The van der Waals surface area contributed by atoms with E-state index in [1.807, 2.05) is 25.1 Å². The number of aromatic amines is 1. The summed E-state index contributed by atoms with van der Waals surface area (Å²) in [5, 5.41) is 4.64. The zero-order valence-corrected chi connectivity index (χ0v) is 15.1. The van der Waals surface area contributed by atoms with Gasteiger partial charge in [-0.2, -0.15) is 9.50 Å². The molecule has 0 radical (unpaired) electrons. The van der Waals surface area contributed by atoms with Crippen LogP contribution in [-0.2, 0) is 25.8 Å². The minimum atomic E-state index is -0.0909. The summed E-state index contributed by atoms with van der Waals surface area (Å²) >= 11 is 0. The molecular weight excluding hydrogens is 328 g/mol. The lowest BCUT2D eigenvalue weighted by Gasteiger charge is -2.02. The van der Waals surface area contributed by atoms with Crippen molar-refractivity contribution in [1.82, 2.24) is 29.1 Å². The van der Waals surface area contributed by atoms with Crippen LogP contribution in [0.3, 0.4) is 0 Å². The average molecular weight is 350 g/mol. The molecule has 0 aliphatic heterocycles. The van der Waals surface area contributed by atoms with Gasteiger partial charge in [0.25, 0.3) is 5.56 Å². The largest absolute Gasteiger partial charge is 0.336 e. The zero-order valence-electron chi connectivity index (χ0n) is 15.1. The van der Waals surface area contributed by atoms with E-state index in [0.29, 0.717) is 23.5 Å². The van der Waals surface area contributed by atoms with Crippen LogP contribution >= 0.6 is 0 Å². The molecule has 1 aromatic carbocycles. The van der Waals surface area contributed by atoms with E-state index in [0.717, 1.165) is 37.3 Å². The van der Waals surface area contributed by atoms with Gasteiger partial charge in [0.05, 0.1) is 0 Å². The molecule has 4 rings (SSSR count). The van der Waals surface area contributed by atoms with Crippen molar-refractivity contribution in [2.45, 2.75) is 46.1 Å². The normalized spacial score (nSPS) is 11.6. The van der Waals surface area contributed by atoms with Crippen LogP contribution in [0.25, 0.3) is 16.9 Å². The molecule has 134 valence electrons. The molecule has 0 unspecified atom stereocenters. The van der Waals surface area contributed by atoms with Crippen molar-refractivity contribution in [3.8, 4) is 0 Å². The fourth-order valence-electron chi connectivity index (χ4n) is 3.25. The van der Waals surface area contributed by atoms with E-state index in [1.54, 1.807) is 9.08 Å². The van der Waals surface area contributed by atoms with Crippen molar-refractivity contribution in [2.75, 3.05) is 0 Å². The van der Waals surface area contributed by atoms with Gasteiger partial charge in [-0.15, -0.1) is 5.10 Å². The molecule has 0 aliphatic rings. The molecule has 7 nitrogen and oxygen atoms in total. The van der Waals surface area contributed by atoms with E-state index in [1.165, 1.54) is 5.56 Å². The molecule has 4 aromatic rings. The maximum absolute atomic E-state index is 12.8. The predicted molar refractivity (Wildman–Crippen MR) is 100 cm³/mol. The number of H-pyrrole nitrogens is 1. The second-order valence-corrected chi connectivity index (χ2v) is 6.41. The Morgan fingerprint density at radius 2 is 1.85 bits per heavy atom. The average Bonchev–Trinajstić information content (AvgIpc) is 3.26. The number of aromatic nitrogens is 6. The fraction of sp³-hybridized carbons (Fsp3) is 0.368. The molecule has 0 aliphatic carbocycles.